The second-order valence-electron chi connectivity index (χ2n) is 6.77. The first-order chi connectivity index (χ1) is 14.5. The van der Waals surface area contributed by atoms with Gasteiger partial charge in [-0.2, -0.15) is 0 Å². The molecule has 2 N–H and O–H groups in total. The summed E-state index contributed by atoms with van der Waals surface area (Å²) in [6.07, 6.45) is 0. The third-order valence-corrected chi connectivity index (χ3v) is 4.71. The fraction of sp³-hybridized carbons (Fsp3) is 0.167. The zero-order chi connectivity index (χ0) is 21.5. The lowest BCUT2D eigenvalue weighted by Crippen LogP contribution is -2.21. The molecule has 0 aliphatic carbocycles. The smallest absolute Gasteiger partial charge is 0.340 e. The molecular formula is C24H24N2O4. The van der Waals surface area contributed by atoms with Gasteiger partial charge in [0, 0.05) is 17.4 Å². The summed E-state index contributed by atoms with van der Waals surface area (Å²) in [6.45, 7) is 3.65. The average molecular weight is 404 g/mol. The first-order valence-corrected chi connectivity index (χ1v) is 9.51. The summed E-state index contributed by atoms with van der Waals surface area (Å²) in [5.41, 5.74) is 4.68. The van der Waals surface area contributed by atoms with Gasteiger partial charge >= 0.3 is 5.97 Å². The molecule has 154 valence electrons. The number of rotatable bonds is 7. The summed E-state index contributed by atoms with van der Waals surface area (Å²) in [5.74, 6) is -0.392. The molecule has 0 spiro atoms. The fourth-order valence-electron chi connectivity index (χ4n) is 2.91. The van der Waals surface area contributed by atoms with Crippen LogP contribution in [-0.2, 0) is 9.53 Å². The minimum Gasteiger partial charge on any atom is -0.497 e. The fourth-order valence-corrected chi connectivity index (χ4v) is 2.91. The van der Waals surface area contributed by atoms with E-state index in [0.717, 1.165) is 16.8 Å². The predicted octanol–water partition coefficient (Wildman–Crippen LogP) is 4.85. The number of anilines is 3. The van der Waals surface area contributed by atoms with Gasteiger partial charge in [-0.25, -0.2) is 4.79 Å². The van der Waals surface area contributed by atoms with E-state index in [0.29, 0.717) is 22.7 Å². The van der Waals surface area contributed by atoms with Crippen molar-refractivity contribution in [3.8, 4) is 5.75 Å². The summed E-state index contributed by atoms with van der Waals surface area (Å²) in [7, 11) is 1.55. The summed E-state index contributed by atoms with van der Waals surface area (Å²) in [6, 6.07) is 19.9. The third-order valence-electron chi connectivity index (χ3n) is 4.71. The Morgan fingerprint density at radius 1 is 0.900 bits per heavy atom. The Labute approximate surface area is 175 Å². The molecule has 0 unspecified atom stereocenters. The molecule has 0 aliphatic heterocycles. The molecule has 0 aliphatic rings. The van der Waals surface area contributed by atoms with E-state index in [4.69, 9.17) is 9.47 Å². The van der Waals surface area contributed by atoms with Gasteiger partial charge in [0.2, 0.25) is 0 Å². The molecule has 0 aromatic heterocycles. The molecule has 0 atom stereocenters. The number of methoxy groups -OCH3 is 1. The number of nitrogens with one attached hydrogen (secondary N) is 2. The zero-order valence-corrected chi connectivity index (χ0v) is 17.2. The molecule has 3 aromatic carbocycles. The monoisotopic (exact) mass is 404 g/mol. The highest BCUT2D eigenvalue weighted by Gasteiger charge is 2.15. The van der Waals surface area contributed by atoms with Crippen molar-refractivity contribution < 1.29 is 19.1 Å². The maximum atomic E-state index is 12.6. The number of amides is 1. The Balaban J connectivity index is 1.65. The normalized spacial score (nSPS) is 10.2. The van der Waals surface area contributed by atoms with Crippen LogP contribution in [0.3, 0.4) is 0 Å². The second-order valence-corrected chi connectivity index (χ2v) is 6.77. The third kappa shape index (κ3) is 5.17. The number of hydrogen-bond acceptors (Lipinski definition) is 5. The largest absolute Gasteiger partial charge is 0.497 e. The quantitative estimate of drug-likeness (QED) is 0.551. The van der Waals surface area contributed by atoms with E-state index in [2.05, 4.69) is 10.6 Å². The van der Waals surface area contributed by atoms with Gasteiger partial charge in [-0.05, 0) is 55.3 Å². The van der Waals surface area contributed by atoms with Gasteiger partial charge in [0.05, 0.1) is 18.4 Å². The zero-order valence-electron chi connectivity index (χ0n) is 17.2. The van der Waals surface area contributed by atoms with Gasteiger partial charge in [-0.15, -0.1) is 0 Å². The average Bonchev–Trinajstić information content (AvgIpc) is 2.76. The number of aryl methyl sites for hydroxylation is 1. The summed E-state index contributed by atoms with van der Waals surface area (Å²) in [5, 5.41) is 5.97. The molecule has 3 rings (SSSR count). The number of ether oxygens (including phenoxy) is 2. The van der Waals surface area contributed by atoms with E-state index in [9.17, 15) is 9.59 Å². The summed E-state index contributed by atoms with van der Waals surface area (Å²) < 4.78 is 10.4. The van der Waals surface area contributed by atoms with Crippen molar-refractivity contribution in [1.29, 1.82) is 0 Å². The molecule has 6 heteroatoms. The van der Waals surface area contributed by atoms with Crippen LogP contribution in [0.2, 0.25) is 0 Å². The number of carbonyl (C=O) groups is 2. The first-order valence-electron chi connectivity index (χ1n) is 9.51. The first kappa shape index (κ1) is 20.9. The van der Waals surface area contributed by atoms with Crippen LogP contribution in [0.5, 0.6) is 5.75 Å². The standard InChI is InChI=1S/C24H24N2O4/c1-16-8-6-13-21(17(16)2)26-22-12-5-4-11-20(22)24(28)30-15-23(27)25-18-9-7-10-19(14-18)29-3/h4-14,26H,15H2,1-3H3,(H,25,27). The van der Waals surface area contributed by atoms with Crippen LogP contribution in [0.4, 0.5) is 17.1 Å². The van der Waals surface area contributed by atoms with Crippen molar-refractivity contribution in [3.05, 3.63) is 83.4 Å². The molecule has 30 heavy (non-hydrogen) atoms. The molecule has 0 saturated heterocycles. The molecule has 6 nitrogen and oxygen atoms in total. The van der Waals surface area contributed by atoms with Crippen molar-refractivity contribution in [3.63, 3.8) is 0 Å². The topological polar surface area (TPSA) is 76.7 Å². The van der Waals surface area contributed by atoms with Gasteiger partial charge in [0.15, 0.2) is 6.61 Å². The van der Waals surface area contributed by atoms with E-state index < -0.39 is 18.5 Å². The van der Waals surface area contributed by atoms with E-state index in [1.807, 2.05) is 38.1 Å². The lowest BCUT2D eigenvalue weighted by Gasteiger charge is -2.14. The van der Waals surface area contributed by atoms with Crippen molar-refractivity contribution in [1.82, 2.24) is 0 Å². The summed E-state index contributed by atoms with van der Waals surface area (Å²) in [4.78, 5) is 24.8. The number of para-hydroxylation sites is 1. The highest BCUT2D eigenvalue weighted by Crippen LogP contribution is 2.25. The number of benzene rings is 3. The van der Waals surface area contributed by atoms with Crippen molar-refractivity contribution in [2.45, 2.75) is 13.8 Å². The van der Waals surface area contributed by atoms with Crippen LogP contribution < -0.4 is 15.4 Å². The molecular weight excluding hydrogens is 380 g/mol. The van der Waals surface area contributed by atoms with E-state index in [-0.39, 0.29) is 0 Å². The van der Waals surface area contributed by atoms with Gasteiger partial charge < -0.3 is 20.1 Å². The van der Waals surface area contributed by atoms with Crippen LogP contribution in [-0.4, -0.2) is 25.6 Å². The molecule has 1 amide bonds. The van der Waals surface area contributed by atoms with Crippen molar-refractivity contribution >= 4 is 28.9 Å². The Hall–Kier alpha value is -3.80. The maximum Gasteiger partial charge on any atom is 0.340 e. The van der Waals surface area contributed by atoms with E-state index >= 15 is 0 Å². The molecule has 0 heterocycles. The highest BCUT2D eigenvalue weighted by atomic mass is 16.5. The Morgan fingerprint density at radius 2 is 1.63 bits per heavy atom. The molecule has 0 bridgehead atoms. The Kier molecular flexibility index (Phi) is 6.70. The lowest BCUT2D eigenvalue weighted by atomic mass is 10.1. The Morgan fingerprint density at radius 3 is 2.43 bits per heavy atom. The number of carbonyl (C=O) groups excluding carboxylic acids is 2. The van der Waals surface area contributed by atoms with Gasteiger partial charge in [-0.3, -0.25) is 4.79 Å². The van der Waals surface area contributed by atoms with Crippen LogP contribution >= 0.6 is 0 Å². The van der Waals surface area contributed by atoms with Crippen LogP contribution in [0.15, 0.2) is 66.7 Å². The van der Waals surface area contributed by atoms with E-state index in [1.165, 1.54) is 0 Å². The Bertz CT molecular complexity index is 1060. The van der Waals surface area contributed by atoms with Crippen LogP contribution in [0.1, 0.15) is 21.5 Å². The number of esters is 1. The maximum absolute atomic E-state index is 12.6. The van der Waals surface area contributed by atoms with Crippen LogP contribution in [0.25, 0.3) is 0 Å². The predicted molar refractivity (Wildman–Crippen MR) is 118 cm³/mol. The van der Waals surface area contributed by atoms with E-state index in [1.54, 1.807) is 49.6 Å². The molecule has 3 aromatic rings. The second kappa shape index (κ2) is 9.60. The van der Waals surface area contributed by atoms with Gasteiger partial charge in [0.1, 0.15) is 5.75 Å². The van der Waals surface area contributed by atoms with Gasteiger partial charge in [0.25, 0.3) is 5.91 Å². The minimum absolute atomic E-state index is 0.354. The number of hydrogen-bond donors (Lipinski definition) is 2. The highest BCUT2D eigenvalue weighted by molar-refractivity contribution is 5.99. The summed E-state index contributed by atoms with van der Waals surface area (Å²) >= 11 is 0. The minimum atomic E-state index is -0.579. The molecule has 0 fully saturated rings. The van der Waals surface area contributed by atoms with Crippen molar-refractivity contribution in [2.24, 2.45) is 0 Å². The van der Waals surface area contributed by atoms with Crippen LogP contribution in [0, 0.1) is 13.8 Å². The molecule has 0 radical (unpaired) electrons. The molecule has 0 saturated carbocycles. The SMILES string of the molecule is COc1cccc(NC(=O)COC(=O)c2ccccc2Nc2cccc(C)c2C)c1. The lowest BCUT2D eigenvalue weighted by molar-refractivity contribution is -0.119. The van der Waals surface area contributed by atoms with Gasteiger partial charge in [-0.1, -0.05) is 30.3 Å². The van der Waals surface area contributed by atoms with Crippen molar-refractivity contribution in [2.75, 3.05) is 24.4 Å².